The third kappa shape index (κ3) is 3.42. The largest absolute Gasteiger partial charge is 0.468 e. The molecule has 0 bridgehead atoms. The summed E-state index contributed by atoms with van der Waals surface area (Å²) in [5, 5.41) is 8.77. The molecule has 0 radical (unpaired) electrons. The summed E-state index contributed by atoms with van der Waals surface area (Å²) in [6.45, 7) is 5.40. The summed E-state index contributed by atoms with van der Waals surface area (Å²) in [7, 11) is 1.43. The van der Waals surface area contributed by atoms with E-state index >= 15 is 0 Å². The number of esters is 1. The lowest BCUT2D eigenvalue weighted by atomic mass is 9.95. The van der Waals surface area contributed by atoms with Crippen molar-refractivity contribution in [3.05, 3.63) is 30.5 Å². The van der Waals surface area contributed by atoms with Crippen LogP contribution in [0, 0.1) is 0 Å². The van der Waals surface area contributed by atoms with Crippen molar-refractivity contribution in [2.45, 2.75) is 38.8 Å². The van der Waals surface area contributed by atoms with E-state index in [0.29, 0.717) is 6.42 Å². The molecule has 114 valence electrons. The second kappa shape index (κ2) is 6.72. The molecule has 1 unspecified atom stereocenters. The quantitative estimate of drug-likeness (QED) is 0.795. The number of fused-ring (bicyclic) bond motifs is 1. The van der Waals surface area contributed by atoms with Crippen molar-refractivity contribution in [3.8, 4) is 0 Å². The van der Waals surface area contributed by atoms with Gasteiger partial charge in [0.05, 0.1) is 18.8 Å². The Bertz CT molecular complexity index is 608. The van der Waals surface area contributed by atoms with Gasteiger partial charge in [-0.1, -0.05) is 25.1 Å². The molecule has 0 spiro atoms. The first-order valence-electron chi connectivity index (χ1n) is 7.34. The first-order valence-corrected chi connectivity index (χ1v) is 7.34. The van der Waals surface area contributed by atoms with Crippen LogP contribution in [0.2, 0.25) is 0 Å². The SMILES string of the molecule is CCNC(C)(CCCn1ncc2ccccc21)C(=O)OC. The van der Waals surface area contributed by atoms with Gasteiger partial charge in [0.25, 0.3) is 0 Å². The highest BCUT2D eigenvalue weighted by Gasteiger charge is 2.32. The van der Waals surface area contributed by atoms with Crippen LogP contribution in [0.1, 0.15) is 26.7 Å². The predicted octanol–water partition coefficient (Wildman–Crippen LogP) is 2.36. The summed E-state index contributed by atoms with van der Waals surface area (Å²) >= 11 is 0. The fraction of sp³-hybridized carbons (Fsp3) is 0.500. The lowest BCUT2D eigenvalue weighted by Gasteiger charge is -2.27. The molecule has 1 atom stereocenters. The monoisotopic (exact) mass is 289 g/mol. The average molecular weight is 289 g/mol. The molecule has 0 saturated heterocycles. The molecule has 1 N–H and O–H groups in total. The summed E-state index contributed by atoms with van der Waals surface area (Å²) in [5.41, 5.74) is 0.493. The molecule has 21 heavy (non-hydrogen) atoms. The van der Waals surface area contributed by atoms with Gasteiger partial charge in [0.1, 0.15) is 5.54 Å². The fourth-order valence-electron chi connectivity index (χ4n) is 2.66. The molecule has 0 fully saturated rings. The maximum atomic E-state index is 11.9. The van der Waals surface area contributed by atoms with Crippen molar-refractivity contribution >= 4 is 16.9 Å². The molecular formula is C16H23N3O2. The number of methoxy groups -OCH3 is 1. The molecule has 0 aliphatic heterocycles. The highest BCUT2D eigenvalue weighted by atomic mass is 16.5. The van der Waals surface area contributed by atoms with E-state index in [0.717, 1.165) is 30.4 Å². The van der Waals surface area contributed by atoms with E-state index < -0.39 is 5.54 Å². The molecule has 5 nitrogen and oxygen atoms in total. The Kier molecular flexibility index (Phi) is 4.96. The fourth-order valence-corrected chi connectivity index (χ4v) is 2.66. The van der Waals surface area contributed by atoms with Crippen molar-refractivity contribution < 1.29 is 9.53 Å². The lowest BCUT2D eigenvalue weighted by Crippen LogP contribution is -2.50. The summed E-state index contributed by atoms with van der Waals surface area (Å²) in [5.74, 6) is -0.213. The Labute approximate surface area is 125 Å². The first kappa shape index (κ1) is 15.5. The second-order valence-corrected chi connectivity index (χ2v) is 5.38. The van der Waals surface area contributed by atoms with Gasteiger partial charge < -0.3 is 10.1 Å². The standard InChI is InChI=1S/C16H23N3O2/c1-4-17-16(2,15(20)21-3)10-7-11-19-14-9-6-5-8-13(14)12-18-19/h5-6,8-9,12,17H,4,7,10-11H2,1-3H3. The normalized spacial score (nSPS) is 14.0. The molecule has 0 aliphatic rings. The van der Waals surface area contributed by atoms with Crippen molar-refractivity contribution in [1.82, 2.24) is 15.1 Å². The predicted molar refractivity (Wildman–Crippen MR) is 83.1 cm³/mol. The average Bonchev–Trinajstić information content (AvgIpc) is 2.90. The minimum atomic E-state index is -0.632. The number of nitrogens with zero attached hydrogens (tertiary/aromatic N) is 2. The summed E-state index contributed by atoms with van der Waals surface area (Å²) < 4.78 is 6.89. The number of carbonyl (C=O) groups excluding carboxylic acids is 1. The van der Waals surface area contributed by atoms with E-state index in [1.54, 1.807) is 0 Å². The Morgan fingerprint density at radius 1 is 1.43 bits per heavy atom. The Balaban J connectivity index is 2.00. The Morgan fingerprint density at radius 2 is 2.19 bits per heavy atom. The zero-order valence-electron chi connectivity index (χ0n) is 12.9. The van der Waals surface area contributed by atoms with Crippen LogP contribution < -0.4 is 5.32 Å². The molecule has 0 amide bonds. The zero-order chi connectivity index (χ0) is 15.3. The van der Waals surface area contributed by atoms with Crippen LogP contribution in [0.15, 0.2) is 30.5 Å². The van der Waals surface area contributed by atoms with Gasteiger partial charge in [-0.05, 0) is 32.4 Å². The van der Waals surface area contributed by atoms with Crippen LogP contribution in [-0.2, 0) is 16.1 Å². The van der Waals surface area contributed by atoms with Crippen LogP contribution >= 0.6 is 0 Å². The van der Waals surface area contributed by atoms with E-state index in [1.165, 1.54) is 7.11 Å². The maximum Gasteiger partial charge on any atom is 0.325 e. The smallest absolute Gasteiger partial charge is 0.325 e. The van der Waals surface area contributed by atoms with Gasteiger partial charge in [-0.25, -0.2) is 0 Å². The molecule has 5 heteroatoms. The molecule has 2 rings (SSSR count). The van der Waals surface area contributed by atoms with Crippen LogP contribution in [0.3, 0.4) is 0 Å². The third-order valence-corrected chi connectivity index (χ3v) is 3.80. The molecule has 0 aliphatic carbocycles. The summed E-state index contributed by atoms with van der Waals surface area (Å²) in [6, 6.07) is 8.13. The minimum Gasteiger partial charge on any atom is -0.468 e. The number of aryl methyl sites for hydroxylation is 1. The number of ether oxygens (including phenoxy) is 1. The second-order valence-electron chi connectivity index (χ2n) is 5.38. The van der Waals surface area contributed by atoms with Crippen LogP contribution in [0.5, 0.6) is 0 Å². The van der Waals surface area contributed by atoms with E-state index in [1.807, 2.05) is 36.9 Å². The lowest BCUT2D eigenvalue weighted by molar-refractivity contribution is -0.148. The number of likely N-dealkylation sites (N-methyl/N-ethyl adjacent to an activating group) is 1. The maximum absolute atomic E-state index is 11.9. The number of benzene rings is 1. The first-order chi connectivity index (χ1) is 10.1. The molecule has 1 aromatic heterocycles. The highest BCUT2D eigenvalue weighted by molar-refractivity contribution is 5.80. The van der Waals surface area contributed by atoms with Gasteiger partial charge >= 0.3 is 5.97 Å². The summed E-state index contributed by atoms with van der Waals surface area (Å²) in [4.78, 5) is 11.9. The van der Waals surface area contributed by atoms with Gasteiger partial charge in [0, 0.05) is 11.9 Å². The Hall–Kier alpha value is -1.88. The van der Waals surface area contributed by atoms with Crippen molar-refractivity contribution in [3.63, 3.8) is 0 Å². The van der Waals surface area contributed by atoms with Gasteiger partial charge in [-0.2, -0.15) is 5.10 Å². The number of carbonyl (C=O) groups is 1. The van der Waals surface area contributed by atoms with E-state index in [9.17, 15) is 4.79 Å². The van der Waals surface area contributed by atoms with Gasteiger partial charge in [0.15, 0.2) is 0 Å². The molecule has 1 aromatic carbocycles. The number of aromatic nitrogens is 2. The van der Waals surface area contributed by atoms with E-state index in [2.05, 4.69) is 22.5 Å². The highest BCUT2D eigenvalue weighted by Crippen LogP contribution is 2.17. The molecule has 0 saturated carbocycles. The zero-order valence-corrected chi connectivity index (χ0v) is 12.9. The number of para-hydroxylation sites is 1. The number of rotatable bonds is 7. The topological polar surface area (TPSA) is 56.2 Å². The Morgan fingerprint density at radius 3 is 2.90 bits per heavy atom. The molecule has 1 heterocycles. The number of nitrogens with one attached hydrogen (secondary N) is 1. The summed E-state index contributed by atoms with van der Waals surface area (Å²) in [6.07, 6.45) is 3.44. The van der Waals surface area contributed by atoms with Crippen LogP contribution in [0.25, 0.3) is 10.9 Å². The number of hydrogen-bond acceptors (Lipinski definition) is 4. The minimum absolute atomic E-state index is 0.213. The molecular weight excluding hydrogens is 266 g/mol. The van der Waals surface area contributed by atoms with Gasteiger partial charge in [-0.15, -0.1) is 0 Å². The van der Waals surface area contributed by atoms with Crippen LogP contribution in [-0.4, -0.2) is 34.9 Å². The van der Waals surface area contributed by atoms with Crippen molar-refractivity contribution in [1.29, 1.82) is 0 Å². The van der Waals surface area contributed by atoms with Crippen molar-refractivity contribution in [2.24, 2.45) is 0 Å². The van der Waals surface area contributed by atoms with Crippen molar-refractivity contribution in [2.75, 3.05) is 13.7 Å². The van der Waals surface area contributed by atoms with E-state index in [4.69, 9.17) is 4.74 Å². The van der Waals surface area contributed by atoms with Gasteiger partial charge in [0.2, 0.25) is 0 Å². The van der Waals surface area contributed by atoms with Crippen LogP contribution in [0.4, 0.5) is 0 Å². The third-order valence-electron chi connectivity index (χ3n) is 3.80. The number of hydrogen-bond donors (Lipinski definition) is 1. The van der Waals surface area contributed by atoms with Gasteiger partial charge in [-0.3, -0.25) is 9.48 Å². The van der Waals surface area contributed by atoms with E-state index in [-0.39, 0.29) is 5.97 Å². The molecule has 2 aromatic rings.